The van der Waals surface area contributed by atoms with E-state index in [1.165, 1.54) is 10.4 Å². The van der Waals surface area contributed by atoms with Crippen LogP contribution in [0.3, 0.4) is 0 Å². The van der Waals surface area contributed by atoms with Crippen molar-refractivity contribution in [2.24, 2.45) is 5.41 Å². The van der Waals surface area contributed by atoms with Crippen LogP contribution in [0.4, 0.5) is 0 Å². The van der Waals surface area contributed by atoms with Gasteiger partial charge in [-0.15, -0.1) is 23.1 Å². The molecule has 0 bridgehead atoms. The fourth-order valence-electron chi connectivity index (χ4n) is 2.74. The summed E-state index contributed by atoms with van der Waals surface area (Å²) in [6, 6.07) is 15.9. The summed E-state index contributed by atoms with van der Waals surface area (Å²) < 4.78 is 0. The van der Waals surface area contributed by atoms with Gasteiger partial charge in [0, 0.05) is 33.5 Å². The van der Waals surface area contributed by atoms with Gasteiger partial charge in [-0.05, 0) is 52.8 Å². The minimum atomic E-state index is -0.0555. The maximum Gasteiger partial charge on any atom is 0.251 e. The number of pyridine rings is 1. The molecule has 1 unspecified atom stereocenters. The molecule has 0 aliphatic rings. The third-order valence-corrected chi connectivity index (χ3v) is 6.23. The van der Waals surface area contributed by atoms with E-state index in [0.717, 1.165) is 10.6 Å². The Balaban J connectivity index is 1.64. The molecule has 2 aromatic heterocycles. The largest absolute Gasteiger partial charge is 0.344 e. The number of rotatable bonds is 6. The van der Waals surface area contributed by atoms with E-state index < -0.39 is 0 Å². The van der Waals surface area contributed by atoms with Gasteiger partial charge in [0.05, 0.1) is 6.04 Å². The van der Waals surface area contributed by atoms with Gasteiger partial charge < -0.3 is 5.32 Å². The summed E-state index contributed by atoms with van der Waals surface area (Å²) in [4.78, 5) is 19.2. The smallest absolute Gasteiger partial charge is 0.251 e. The van der Waals surface area contributed by atoms with Gasteiger partial charge in [-0.25, -0.2) is 0 Å². The van der Waals surface area contributed by atoms with Crippen molar-refractivity contribution >= 4 is 29.0 Å². The zero-order chi connectivity index (χ0) is 19.3. The van der Waals surface area contributed by atoms with Gasteiger partial charge in [-0.3, -0.25) is 9.78 Å². The highest BCUT2D eigenvalue weighted by Crippen LogP contribution is 2.35. The number of thioether (sulfide) groups is 1. The van der Waals surface area contributed by atoms with Crippen molar-refractivity contribution in [3.63, 3.8) is 0 Å². The lowest BCUT2D eigenvalue weighted by atomic mass is 9.85. The van der Waals surface area contributed by atoms with Crippen LogP contribution in [0.5, 0.6) is 0 Å². The van der Waals surface area contributed by atoms with Crippen LogP contribution in [-0.4, -0.2) is 10.9 Å². The third kappa shape index (κ3) is 5.44. The maximum absolute atomic E-state index is 12.8. The standard InChI is InChI=1S/C22H24N2OS2/c1-22(2,3)20(19-7-5-13-26-19)24-21(25)17-8-10-18(11-9-17)27-15-16-6-4-12-23-14-16/h4-14,20H,15H2,1-3H3,(H,24,25). The zero-order valence-electron chi connectivity index (χ0n) is 15.8. The van der Waals surface area contributed by atoms with Gasteiger partial charge in [0.25, 0.3) is 5.91 Å². The van der Waals surface area contributed by atoms with Gasteiger partial charge in [0.2, 0.25) is 0 Å². The number of nitrogens with zero attached hydrogens (tertiary/aromatic N) is 1. The molecule has 140 valence electrons. The number of carbonyl (C=O) groups is 1. The molecule has 0 aliphatic heterocycles. The first-order chi connectivity index (χ1) is 12.9. The number of benzene rings is 1. The molecule has 0 fully saturated rings. The predicted octanol–water partition coefficient (Wildman–Crippen LogP) is 5.95. The van der Waals surface area contributed by atoms with Crippen LogP contribution in [0.1, 0.15) is 47.6 Å². The lowest BCUT2D eigenvalue weighted by molar-refractivity contribution is 0.0903. The number of aromatic nitrogens is 1. The zero-order valence-corrected chi connectivity index (χ0v) is 17.4. The minimum Gasteiger partial charge on any atom is -0.344 e. The van der Waals surface area contributed by atoms with Gasteiger partial charge in [-0.2, -0.15) is 0 Å². The molecule has 0 spiro atoms. The number of nitrogens with one attached hydrogen (secondary N) is 1. The van der Waals surface area contributed by atoms with E-state index in [0.29, 0.717) is 5.56 Å². The van der Waals surface area contributed by atoms with Crippen molar-refractivity contribution in [3.05, 3.63) is 82.3 Å². The Morgan fingerprint density at radius 3 is 2.52 bits per heavy atom. The SMILES string of the molecule is CC(C)(C)C(NC(=O)c1ccc(SCc2cccnc2)cc1)c1cccs1. The molecule has 3 nitrogen and oxygen atoms in total. The van der Waals surface area contributed by atoms with Crippen LogP contribution in [0.25, 0.3) is 0 Å². The summed E-state index contributed by atoms with van der Waals surface area (Å²) in [6.07, 6.45) is 3.66. The highest BCUT2D eigenvalue weighted by molar-refractivity contribution is 7.98. The van der Waals surface area contributed by atoms with Crippen LogP contribution >= 0.6 is 23.1 Å². The van der Waals surface area contributed by atoms with Crippen molar-refractivity contribution in [1.82, 2.24) is 10.3 Å². The Labute approximate surface area is 169 Å². The predicted molar refractivity (Wildman–Crippen MR) is 114 cm³/mol. The van der Waals surface area contributed by atoms with Gasteiger partial charge in [0.1, 0.15) is 0 Å². The van der Waals surface area contributed by atoms with Crippen LogP contribution < -0.4 is 5.32 Å². The number of thiophene rings is 1. The summed E-state index contributed by atoms with van der Waals surface area (Å²) in [6.45, 7) is 6.45. The Morgan fingerprint density at radius 1 is 1.15 bits per heavy atom. The second-order valence-corrected chi connectivity index (χ2v) is 9.49. The monoisotopic (exact) mass is 396 g/mol. The number of amides is 1. The van der Waals surface area contributed by atoms with E-state index in [1.807, 2.05) is 42.6 Å². The molecule has 3 aromatic rings. The molecule has 27 heavy (non-hydrogen) atoms. The first-order valence-electron chi connectivity index (χ1n) is 8.89. The van der Waals surface area contributed by atoms with E-state index in [2.05, 4.69) is 48.6 Å². The molecule has 2 heterocycles. The fraction of sp³-hybridized carbons (Fsp3) is 0.273. The van der Waals surface area contributed by atoms with Crippen molar-refractivity contribution in [3.8, 4) is 0 Å². The second-order valence-electron chi connectivity index (χ2n) is 7.46. The Morgan fingerprint density at radius 2 is 1.93 bits per heavy atom. The summed E-state index contributed by atoms with van der Waals surface area (Å²) >= 11 is 3.42. The average Bonchev–Trinajstić information content (AvgIpc) is 3.19. The molecule has 0 saturated heterocycles. The number of hydrogen-bond acceptors (Lipinski definition) is 4. The van der Waals surface area contributed by atoms with E-state index in [-0.39, 0.29) is 17.4 Å². The van der Waals surface area contributed by atoms with Crippen LogP contribution in [0.2, 0.25) is 0 Å². The molecule has 1 amide bonds. The van der Waals surface area contributed by atoms with E-state index in [1.54, 1.807) is 29.3 Å². The van der Waals surface area contributed by atoms with Crippen molar-refractivity contribution < 1.29 is 4.79 Å². The highest BCUT2D eigenvalue weighted by Gasteiger charge is 2.28. The van der Waals surface area contributed by atoms with Gasteiger partial charge >= 0.3 is 0 Å². The Kier molecular flexibility index (Phi) is 6.34. The Bertz CT molecular complexity index is 854. The van der Waals surface area contributed by atoms with E-state index >= 15 is 0 Å². The maximum atomic E-state index is 12.8. The lowest BCUT2D eigenvalue weighted by Gasteiger charge is -2.30. The first kappa shape index (κ1) is 19.6. The molecule has 0 aliphatic carbocycles. The quantitative estimate of drug-likeness (QED) is 0.523. The van der Waals surface area contributed by atoms with Crippen LogP contribution in [0, 0.1) is 5.41 Å². The molecule has 3 rings (SSSR count). The van der Waals surface area contributed by atoms with Crippen molar-refractivity contribution in [2.45, 2.75) is 37.5 Å². The van der Waals surface area contributed by atoms with E-state index in [9.17, 15) is 4.79 Å². The normalized spacial score (nSPS) is 12.6. The second kappa shape index (κ2) is 8.72. The molecular weight excluding hydrogens is 372 g/mol. The van der Waals surface area contributed by atoms with Crippen molar-refractivity contribution in [1.29, 1.82) is 0 Å². The van der Waals surface area contributed by atoms with Gasteiger partial charge in [-0.1, -0.05) is 32.9 Å². The summed E-state index contributed by atoms with van der Waals surface area (Å²) in [5.74, 6) is 0.830. The first-order valence-corrected chi connectivity index (χ1v) is 10.8. The summed E-state index contributed by atoms with van der Waals surface area (Å²) in [7, 11) is 0. The molecule has 0 radical (unpaired) electrons. The number of hydrogen-bond donors (Lipinski definition) is 1. The topological polar surface area (TPSA) is 42.0 Å². The fourth-order valence-corrected chi connectivity index (χ4v) is 4.59. The lowest BCUT2D eigenvalue weighted by Crippen LogP contribution is -2.36. The Hall–Kier alpha value is -2.11. The number of carbonyl (C=O) groups excluding carboxylic acids is 1. The molecule has 0 saturated carbocycles. The highest BCUT2D eigenvalue weighted by atomic mass is 32.2. The van der Waals surface area contributed by atoms with E-state index in [4.69, 9.17) is 0 Å². The van der Waals surface area contributed by atoms with Gasteiger partial charge in [0.15, 0.2) is 0 Å². The van der Waals surface area contributed by atoms with Crippen LogP contribution in [0.15, 0.2) is 71.2 Å². The molecule has 5 heteroatoms. The van der Waals surface area contributed by atoms with Crippen LogP contribution in [-0.2, 0) is 5.75 Å². The molecule has 1 N–H and O–H groups in total. The molecule has 1 atom stereocenters. The third-order valence-electron chi connectivity index (χ3n) is 4.21. The molecule has 1 aromatic carbocycles. The average molecular weight is 397 g/mol. The summed E-state index contributed by atoms with van der Waals surface area (Å²) in [5.41, 5.74) is 1.82. The minimum absolute atomic E-state index is 0.00960. The van der Waals surface area contributed by atoms with Crippen molar-refractivity contribution in [2.75, 3.05) is 0 Å². The summed E-state index contributed by atoms with van der Waals surface area (Å²) in [5, 5.41) is 5.26. The molecular formula is C22H24N2OS2.